The molecule has 17 heavy (non-hydrogen) atoms. The molecule has 0 radical (unpaired) electrons. The summed E-state index contributed by atoms with van der Waals surface area (Å²) < 4.78 is 11.1. The van der Waals surface area contributed by atoms with Crippen molar-refractivity contribution in [3.8, 4) is 11.7 Å². The van der Waals surface area contributed by atoms with E-state index < -0.39 is 5.97 Å². The Morgan fingerprint density at radius 3 is 2.88 bits per heavy atom. The monoisotopic (exact) mass is 318 g/mol. The number of carboxylic acids is 1. The number of hydrogen-bond donors (Lipinski definition) is 1. The molecule has 1 N–H and O–H groups in total. The van der Waals surface area contributed by atoms with Crippen molar-refractivity contribution in [1.82, 2.24) is 10.2 Å². The van der Waals surface area contributed by atoms with Gasteiger partial charge in [-0.1, -0.05) is 0 Å². The molecular formula is C9H7BrN2O4S. The zero-order valence-electron chi connectivity index (χ0n) is 8.42. The zero-order valence-corrected chi connectivity index (χ0v) is 10.8. The lowest BCUT2D eigenvalue weighted by molar-refractivity contribution is -0.133. The number of aromatic nitrogens is 2. The number of nitrogens with zero attached hydrogens (tertiary/aromatic N) is 2. The molecule has 6 nitrogen and oxygen atoms in total. The van der Waals surface area contributed by atoms with E-state index in [0.29, 0.717) is 22.1 Å². The number of aliphatic carboxylic acids is 1. The van der Waals surface area contributed by atoms with Crippen LogP contribution in [0.15, 0.2) is 25.6 Å². The van der Waals surface area contributed by atoms with Crippen LogP contribution < -0.4 is 0 Å². The number of hydrogen-bond acceptors (Lipinski definition) is 6. The maximum atomic E-state index is 10.3. The summed E-state index contributed by atoms with van der Waals surface area (Å²) in [7, 11) is 0. The van der Waals surface area contributed by atoms with E-state index in [4.69, 9.17) is 13.9 Å². The normalized spacial score (nSPS) is 10.6. The molecule has 2 heterocycles. The summed E-state index contributed by atoms with van der Waals surface area (Å²) in [5.74, 6) is 0.620. The fourth-order valence-corrected chi connectivity index (χ4v) is 1.94. The molecule has 90 valence electrons. The standard InChI is InChI=1S/C9H7BrN2O4S/c10-6-2-1-5(15-6)9-12-11-7(16-9)3-17-4-8(13)14/h1-2H,3-4H2,(H,13,14). The van der Waals surface area contributed by atoms with Crippen LogP contribution in [0.1, 0.15) is 5.89 Å². The Kier molecular flexibility index (Phi) is 3.85. The first kappa shape index (κ1) is 12.2. The summed E-state index contributed by atoms with van der Waals surface area (Å²) in [6.45, 7) is 0. The molecule has 2 aromatic rings. The minimum atomic E-state index is -0.871. The fraction of sp³-hybridized carbons (Fsp3) is 0.222. The third-order valence-electron chi connectivity index (χ3n) is 1.70. The first-order valence-corrected chi connectivity index (χ1v) is 6.47. The Hall–Kier alpha value is -1.28. The van der Waals surface area contributed by atoms with Gasteiger partial charge in [0.15, 0.2) is 10.4 Å². The highest BCUT2D eigenvalue weighted by Crippen LogP contribution is 2.24. The molecule has 0 aliphatic carbocycles. The van der Waals surface area contributed by atoms with Crippen molar-refractivity contribution in [2.24, 2.45) is 0 Å². The Labute approximate surface area is 109 Å². The summed E-state index contributed by atoms with van der Waals surface area (Å²) in [5.41, 5.74) is 0. The smallest absolute Gasteiger partial charge is 0.313 e. The average Bonchev–Trinajstić information content (AvgIpc) is 2.86. The van der Waals surface area contributed by atoms with Crippen LogP contribution in [0.4, 0.5) is 0 Å². The van der Waals surface area contributed by atoms with Crippen molar-refractivity contribution in [1.29, 1.82) is 0 Å². The number of rotatable bonds is 5. The van der Waals surface area contributed by atoms with Crippen molar-refractivity contribution in [3.05, 3.63) is 22.7 Å². The molecule has 0 bridgehead atoms. The highest BCUT2D eigenvalue weighted by atomic mass is 79.9. The highest BCUT2D eigenvalue weighted by molar-refractivity contribution is 9.10. The predicted molar refractivity (Wildman–Crippen MR) is 63.5 cm³/mol. The Bertz CT molecular complexity index is 525. The summed E-state index contributed by atoms with van der Waals surface area (Å²) in [5, 5.41) is 16.1. The topological polar surface area (TPSA) is 89.4 Å². The van der Waals surface area contributed by atoms with Crippen LogP contribution in [-0.4, -0.2) is 27.0 Å². The van der Waals surface area contributed by atoms with Gasteiger partial charge in [-0.3, -0.25) is 4.79 Å². The third kappa shape index (κ3) is 3.34. The van der Waals surface area contributed by atoms with Gasteiger partial charge in [-0.15, -0.1) is 22.0 Å². The lowest BCUT2D eigenvalue weighted by Crippen LogP contribution is -1.98. The second kappa shape index (κ2) is 5.37. The SMILES string of the molecule is O=C(O)CSCc1nnc(-c2ccc(Br)o2)o1. The molecule has 8 heteroatoms. The summed E-state index contributed by atoms with van der Waals surface area (Å²) in [6, 6.07) is 3.42. The lowest BCUT2D eigenvalue weighted by atomic mass is 10.5. The Morgan fingerprint density at radius 1 is 1.41 bits per heavy atom. The van der Waals surface area contributed by atoms with Crippen molar-refractivity contribution in [2.75, 3.05) is 5.75 Å². The molecule has 0 atom stereocenters. The van der Waals surface area contributed by atoms with Crippen LogP contribution in [0.3, 0.4) is 0 Å². The fourth-order valence-electron chi connectivity index (χ4n) is 1.07. The number of carbonyl (C=O) groups is 1. The molecule has 0 saturated carbocycles. The van der Waals surface area contributed by atoms with Gasteiger partial charge in [0.25, 0.3) is 5.89 Å². The molecule has 0 saturated heterocycles. The van der Waals surface area contributed by atoms with Gasteiger partial charge < -0.3 is 13.9 Å². The molecule has 0 spiro atoms. The molecule has 2 aromatic heterocycles. The number of carboxylic acid groups (broad SMARTS) is 1. The van der Waals surface area contributed by atoms with E-state index in [-0.39, 0.29) is 11.6 Å². The van der Waals surface area contributed by atoms with Gasteiger partial charge in [0.1, 0.15) is 0 Å². The van der Waals surface area contributed by atoms with Gasteiger partial charge in [0.05, 0.1) is 11.5 Å². The van der Waals surface area contributed by atoms with Crippen LogP contribution in [0.2, 0.25) is 0 Å². The van der Waals surface area contributed by atoms with Crippen LogP contribution in [0.5, 0.6) is 0 Å². The molecule has 0 amide bonds. The first-order valence-electron chi connectivity index (χ1n) is 4.53. The van der Waals surface area contributed by atoms with Crippen LogP contribution in [0, 0.1) is 0 Å². The van der Waals surface area contributed by atoms with E-state index >= 15 is 0 Å². The maximum absolute atomic E-state index is 10.3. The molecule has 0 unspecified atom stereocenters. The number of thioether (sulfide) groups is 1. The second-order valence-corrected chi connectivity index (χ2v) is 4.76. The lowest BCUT2D eigenvalue weighted by Gasteiger charge is -1.91. The first-order chi connectivity index (χ1) is 8.15. The van der Waals surface area contributed by atoms with E-state index in [1.807, 2.05) is 0 Å². The van der Waals surface area contributed by atoms with Gasteiger partial charge in [-0.05, 0) is 28.1 Å². The molecule has 0 aliphatic rings. The zero-order chi connectivity index (χ0) is 12.3. The molecule has 0 aromatic carbocycles. The third-order valence-corrected chi connectivity index (χ3v) is 3.03. The van der Waals surface area contributed by atoms with E-state index in [2.05, 4.69) is 26.1 Å². The predicted octanol–water partition coefficient (Wildman–Crippen LogP) is 2.41. The van der Waals surface area contributed by atoms with Crippen molar-refractivity contribution < 1.29 is 18.7 Å². The Morgan fingerprint density at radius 2 is 2.24 bits per heavy atom. The van der Waals surface area contributed by atoms with Gasteiger partial charge in [0.2, 0.25) is 5.89 Å². The molecule has 0 fully saturated rings. The van der Waals surface area contributed by atoms with E-state index in [9.17, 15) is 4.79 Å². The van der Waals surface area contributed by atoms with E-state index in [0.717, 1.165) is 0 Å². The summed E-state index contributed by atoms with van der Waals surface area (Å²) >= 11 is 4.36. The van der Waals surface area contributed by atoms with Gasteiger partial charge in [0, 0.05) is 0 Å². The van der Waals surface area contributed by atoms with Crippen molar-refractivity contribution in [3.63, 3.8) is 0 Å². The highest BCUT2D eigenvalue weighted by Gasteiger charge is 2.12. The Balaban J connectivity index is 1.98. The quantitative estimate of drug-likeness (QED) is 0.905. The number of halogens is 1. The molecule has 2 rings (SSSR count). The van der Waals surface area contributed by atoms with E-state index in [1.165, 1.54) is 11.8 Å². The minimum Gasteiger partial charge on any atom is -0.481 e. The maximum Gasteiger partial charge on any atom is 0.313 e. The van der Waals surface area contributed by atoms with Gasteiger partial charge in [-0.25, -0.2) is 0 Å². The van der Waals surface area contributed by atoms with Gasteiger partial charge >= 0.3 is 5.97 Å². The number of furan rings is 1. The summed E-state index contributed by atoms with van der Waals surface area (Å²) in [6.07, 6.45) is 0. The van der Waals surface area contributed by atoms with Crippen LogP contribution >= 0.6 is 27.7 Å². The van der Waals surface area contributed by atoms with E-state index in [1.54, 1.807) is 12.1 Å². The minimum absolute atomic E-state index is 0.00398. The van der Waals surface area contributed by atoms with Crippen molar-refractivity contribution in [2.45, 2.75) is 5.75 Å². The van der Waals surface area contributed by atoms with Crippen molar-refractivity contribution >= 4 is 33.7 Å². The van der Waals surface area contributed by atoms with Crippen LogP contribution in [0.25, 0.3) is 11.7 Å². The molecular weight excluding hydrogens is 312 g/mol. The summed E-state index contributed by atoms with van der Waals surface area (Å²) in [4.78, 5) is 10.3. The second-order valence-electron chi connectivity index (χ2n) is 2.99. The largest absolute Gasteiger partial charge is 0.481 e. The van der Waals surface area contributed by atoms with Gasteiger partial charge in [-0.2, -0.15) is 0 Å². The molecule has 0 aliphatic heterocycles. The average molecular weight is 319 g/mol. The van der Waals surface area contributed by atoms with Crippen LogP contribution in [-0.2, 0) is 10.5 Å².